The van der Waals surface area contributed by atoms with Crippen LogP contribution in [0.25, 0.3) is 0 Å². The van der Waals surface area contributed by atoms with Crippen LogP contribution in [0, 0.1) is 12.8 Å². The van der Waals surface area contributed by atoms with E-state index in [2.05, 4.69) is 10.3 Å². The zero-order valence-electron chi connectivity index (χ0n) is 13.3. The Hall–Kier alpha value is -2.56. The Kier molecular flexibility index (Phi) is 4.46. The molecule has 1 heterocycles. The van der Waals surface area contributed by atoms with Crippen molar-refractivity contribution in [3.63, 3.8) is 0 Å². The van der Waals surface area contributed by atoms with Crippen molar-refractivity contribution >= 4 is 11.6 Å². The van der Waals surface area contributed by atoms with E-state index in [0.29, 0.717) is 23.1 Å². The first-order valence-electron chi connectivity index (χ1n) is 7.76. The summed E-state index contributed by atoms with van der Waals surface area (Å²) < 4.78 is 11.3. The second-order valence-electron chi connectivity index (χ2n) is 5.66. The Morgan fingerprint density at radius 2 is 2.09 bits per heavy atom. The minimum Gasteiger partial charge on any atom is -0.494 e. The summed E-state index contributed by atoms with van der Waals surface area (Å²) in [6.45, 7) is 1.90. The van der Waals surface area contributed by atoms with Crippen LogP contribution in [0.4, 0.5) is 5.69 Å². The number of ether oxygens (including phenoxy) is 2. The average molecular weight is 312 g/mol. The van der Waals surface area contributed by atoms with Crippen molar-refractivity contribution in [3.8, 4) is 17.4 Å². The van der Waals surface area contributed by atoms with Crippen LogP contribution in [0.5, 0.6) is 17.4 Å². The van der Waals surface area contributed by atoms with Gasteiger partial charge in [0.05, 0.1) is 12.8 Å². The van der Waals surface area contributed by atoms with Gasteiger partial charge in [0, 0.05) is 23.7 Å². The van der Waals surface area contributed by atoms with Crippen molar-refractivity contribution in [1.82, 2.24) is 4.98 Å². The largest absolute Gasteiger partial charge is 0.494 e. The maximum absolute atomic E-state index is 12.1. The summed E-state index contributed by atoms with van der Waals surface area (Å²) in [5, 5.41) is 2.96. The Morgan fingerprint density at radius 1 is 1.26 bits per heavy atom. The van der Waals surface area contributed by atoms with E-state index in [-0.39, 0.29) is 11.8 Å². The van der Waals surface area contributed by atoms with E-state index in [4.69, 9.17) is 9.47 Å². The van der Waals surface area contributed by atoms with Gasteiger partial charge in [-0.05, 0) is 38.0 Å². The normalized spacial score (nSPS) is 14.0. The number of aromatic nitrogens is 1. The molecule has 5 heteroatoms. The lowest BCUT2D eigenvalue weighted by Gasteiger charge is -2.25. The summed E-state index contributed by atoms with van der Waals surface area (Å²) in [5.74, 6) is 1.98. The molecule has 2 aromatic rings. The van der Waals surface area contributed by atoms with Gasteiger partial charge in [0.25, 0.3) is 0 Å². The molecule has 0 radical (unpaired) electrons. The van der Waals surface area contributed by atoms with Crippen molar-refractivity contribution < 1.29 is 14.3 Å². The fourth-order valence-corrected chi connectivity index (χ4v) is 2.57. The maximum atomic E-state index is 12.1. The van der Waals surface area contributed by atoms with Crippen molar-refractivity contribution in [2.45, 2.75) is 26.2 Å². The molecule has 1 aromatic heterocycles. The van der Waals surface area contributed by atoms with Crippen LogP contribution >= 0.6 is 0 Å². The molecule has 3 rings (SSSR count). The zero-order valence-corrected chi connectivity index (χ0v) is 13.3. The number of hydrogen-bond acceptors (Lipinski definition) is 4. The Balaban J connectivity index is 1.82. The summed E-state index contributed by atoms with van der Waals surface area (Å²) in [7, 11) is 1.59. The lowest BCUT2D eigenvalue weighted by molar-refractivity contribution is -0.122. The minimum atomic E-state index is 0.0624. The predicted octanol–water partition coefficient (Wildman–Crippen LogP) is 3.93. The number of amides is 1. The maximum Gasteiger partial charge on any atom is 0.227 e. The van der Waals surface area contributed by atoms with Crippen molar-refractivity contribution in [1.29, 1.82) is 0 Å². The van der Waals surface area contributed by atoms with Crippen LogP contribution in [0.2, 0.25) is 0 Å². The molecule has 0 unspecified atom stereocenters. The van der Waals surface area contributed by atoms with Gasteiger partial charge in [-0.25, -0.2) is 4.98 Å². The van der Waals surface area contributed by atoms with Crippen molar-refractivity contribution in [3.05, 3.63) is 42.1 Å². The summed E-state index contributed by atoms with van der Waals surface area (Å²) in [6, 6.07) is 9.11. The van der Waals surface area contributed by atoms with Crippen molar-refractivity contribution in [2.24, 2.45) is 5.92 Å². The molecule has 0 aliphatic heterocycles. The number of carbonyl (C=O) groups is 1. The average Bonchev–Trinajstić information content (AvgIpc) is 2.49. The van der Waals surface area contributed by atoms with Crippen LogP contribution in [0.3, 0.4) is 0 Å². The molecule has 1 aromatic carbocycles. The van der Waals surface area contributed by atoms with Gasteiger partial charge < -0.3 is 14.8 Å². The first kappa shape index (κ1) is 15.3. The van der Waals surface area contributed by atoms with Gasteiger partial charge in [0.15, 0.2) is 0 Å². The van der Waals surface area contributed by atoms with E-state index in [1.807, 2.05) is 25.1 Å². The number of nitrogens with one attached hydrogen (secondary N) is 1. The van der Waals surface area contributed by atoms with Crippen molar-refractivity contribution in [2.75, 3.05) is 12.4 Å². The number of hydrogen-bond donors (Lipinski definition) is 1. The number of benzene rings is 1. The number of nitrogens with zero attached hydrogens (tertiary/aromatic N) is 1. The molecule has 1 saturated carbocycles. The highest BCUT2D eigenvalue weighted by Gasteiger charge is 2.26. The fourth-order valence-electron chi connectivity index (χ4n) is 2.57. The minimum absolute atomic E-state index is 0.0624. The molecule has 120 valence electrons. The van der Waals surface area contributed by atoms with E-state index in [9.17, 15) is 4.79 Å². The molecule has 23 heavy (non-hydrogen) atoms. The lowest BCUT2D eigenvalue weighted by atomic mass is 9.85. The van der Waals surface area contributed by atoms with Gasteiger partial charge in [-0.2, -0.15) is 0 Å². The third-order valence-electron chi connectivity index (χ3n) is 4.15. The molecule has 0 spiro atoms. The predicted molar refractivity (Wildman–Crippen MR) is 88.0 cm³/mol. The van der Waals surface area contributed by atoms with E-state index in [1.165, 1.54) is 0 Å². The molecule has 0 bridgehead atoms. The first-order valence-corrected chi connectivity index (χ1v) is 7.76. The van der Waals surface area contributed by atoms with E-state index in [1.54, 1.807) is 25.4 Å². The molecule has 5 nitrogen and oxygen atoms in total. The SMILES string of the molecule is COc1c(NC(=O)C2CCC2)ccc(Oc2ccccn2)c1C. The number of anilines is 1. The Labute approximate surface area is 135 Å². The first-order chi connectivity index (χ1) is 11.2. The standard InChI is InChI=1S/C18H20N2O3/c1-12-15(23-16-8-3-4-11-19-16)10-9-14(17(12)22-2)20-18(21)13-6-5-7-13/h3-4,8-11,13H,5-7H2,1-2H3,(H,20,21). The van der Waals surface area contributed by atoms with Gasteiger partial charge in [0.2, 0.25) is 11.8 Å². The monoisotopic (exact) mass is 312 g/mol. The summed E-state index contributed by atoms with van der Waals surface area (Å²) >= 11 is 0. The fraction of sp³-hybridized carbons (Fsp3) is 0.333. The smallest absolute Gasteiger partial charge is 0.227 e. The van der Waals surface area contributed by atoms with Crippen LogP contribution in [-0.2, 0) is 4.79 Å². The van der Waals surface area contributed by atoms with Crippen LogP contribution in [0.15, 0.2) is 36.5 Å². The molecule has 0 atom stereocenters. The second-order valence-corrected chi connectivity index (χ2v) is 5.66. The molecule has 1 fully saturated rings. The molecule has 1 amide bonds. The summed E-state index contributed by atoms with van der Waals surface area (Å²) in [4.78, 5) is 16.3. The highest BCUT2D eigenvalue weighted by Crippen LogP contribution is 2.37. The van der Waals surface area contributed by atoms with Gasteiger partial charge in [0.1, 0.15) is 11.5 Å². The quantitative estimate of drug-likeness (QED) is 0.908. The molecule has 0 saturated heterocycles. The number of methoxy groups -OCH3 is 1. The second kappa shape index (κ2) is 6.69. The third kappa shape index (κ3) is 3.28. The Bertz CT molecular complexity index is 697. The number of rotatable bonds is 5. The van der Waals surface area contributed by atoms with Crippen LogP contribution < -0.4 is 14.8 Å². The Morgan fingerprint density at radius 3 is 2.70 bits per heavy atom. The number of pyridine rings is 1. The van der Waals surface area contributed by atoms with Crippen LogP contribution in [-0.4, -0.2) is 18.0 Å². The van der Waals surface area contributed by atoms with Gasteiger partial charge >= 0.3 is 0 Å². The highest BCUT2D eigenvalue weighted by atomic mass is 16.5. The summed E-state index contributed by atoms with van der Waals surface area (Å²) in [6.07, 6.45) is 4.74. The van der Waals surface area contributed by atoms with Crippen LogP contribution in [0.1, 0.15) is 24.8 Å². The third-order valence-corrected chi connectivity index (χ3v) is 4.15. The lowest BCUT2D eigenvalue weighted by Crippen LogP contribution is -2.28. The van der Waals surface area contributed by atoms with E-state index in [0.717, 1.165) is 24.8 Å². The highest BCUT2D eigenvalue weighted by molar-refractivity contribution is 5.94. The number of carbonyl (C=O) groups excluding carboxylic acids is 1. The molecular formula is C18H20N2O3. The van der Waals surface area contributed by atoms with Gasteiger partial charge in [-0.3, -0.25) is 4.79 Å². The molecule has 1 aliphatic rings. The topological polar surface area (TPSA) is 60.5 Å². The summed E-state index contributed by atoms with van der Waals surface area (Å²) in [5.41, 5.74) is 1.50. The zero-order chi connectivity index (χ0) is 16.2. The van der Waals surface area contributed by atoms with E-state index < -0.39 is 0 Å². The van der Waals surface area contributed by atoms with Gasteiger partial charge in [-0.1, -0.05) is 12.5 Å². The molecule has 1 N–H and O–H groups in total. The van der Waals surface area contributed by atoms with E-state index >= 15 is 0 Å². The molecule has 1 aliphatic carbocycles. The molecular weight excluding hydrogens is 292 g/mol. The van der Waals surface area contributed by atoms with Gasteiger partial charge in [-0.15, -0.1) is 0 Å².